The topological polar surface area (TPSA) is 90.1 Å². The Kier molecular flexibility index (Phi) is 6.63. The third-order valence-corrected chi connectivity index (χ3v) is 6.25. The number of ether oxygens (including phenoxy) is 1. The van der Waals surface area contributed by atoms with Gasteiger partial charge in [-0.2, -0.15) is 0 Å². The number of benzene rings is 2. The Bertz CT molecular complexity index is 1160. The average molecular weight is 453 g/mol. The van der Waals surface area contributed by atoms with Crippen LogP contribution in [0.1, 0.15) is 27.4 Å². The molecule has 1 N–H and O–H groups in total. The highest BCUT2D eigenvalue weighted by atomic mass is 32.2. The smallest absolute Gasteiger partial charge is 0.277 e. The van der Waals surface area contributed by atoms with Gasteiger partial charge in [0, 0.05) is 17.1 Å². The molecule has 2 aromatic carbocycles. The van der Waals surface area contributed by atoms with E-state index in [2.05, 4.69) is 20.5 Å². The van der Waals surface area contributed by atoms with E-state index in [0.29, 0.717) is 29.0 Å². The van der Waals surface area contributed by atoms with Crippen molar-refractivity contribution in [2.75, 3.05) is 12.4 Å². The molecule has 0 saturated carbocycles. The Labute approximate surface area is 187 Å². The quantitative estimate of drug-likeness (QED) is 0.380. The van der Waals surface area contributed by atoms with E-state index in [1.54, 1.807) is 24.5 Å². The molecule has 0 aliphatic rings. The first-order chi connectivity index (χ1) is 15.1. The zero-order valence-corrected chi connectivity index (χ0v) is 18.6. The molecule has 0 spiro atoms. The molecule has 0 saturated heterocycles. The van der Waals surface area contributed by atoms with E-state index in [9.17, 15) is 4.79 Å². The summed E-state index contributed by atoms with van der Waals surface area (Å²) in [6.45, 7) is 1.95. The van der Waals surface area contributed by atoms with Gasteiger partial charge in [-0.05, 0) is 36.4 Å². The van der Waals surface area contributed by atoms with E-state index in [4.69, 9.17) is 9.15 Å². The Morgan fingerprint density at radius 3 is 2.77 bits per heavy atom. The van der Waals surface area contributed by atoms with Crippen LogP contribution in [0.5, 0.6) is 5.75 Å². The summed E-state index contributed by atoms with van der Waals surface area (Å²) in [5, 5.41) is 13.9. The summed E-state index contributed by atoms with van der Waals surface area (Å²) in [5.74, 6) is 0.938. The lowest BCUT2D eigenvalue weighted by molar-refractivity contribution is -0.115. The standard InChI is InChI=1S/C22H20N4O3S2/c1-14-23-17(13-30-14)12-19-25-26-22(29-19)31-20(15-7-4-3-5-8-15)21(27)24-16-9-6-10-18(11-16)28-2/h3-11,13,20H,12H2,1-2H3,(H,24,27)/t20-/m0/s1. The summed E-state index contributed by atoms with van der Waals surface area (Å²) >= 11 is 2.79. The molecule has 0 aliphatic heterocycles. The molecule has 4 aromatic rings. The van der Waals surface area contributed by atoms with Crippen LogP contribution >= 0.6 is 23.1 Å². The first-order valence-electron chi connectivity index (χ1n) is 9.50. The van der Waals surface area contributed by atoms with Crippen LogP contribution in [0.4, 0.5) is 5.69 Å². The summed E-state index contributed by atoms with van der Waals surface area (Å²) in [7, 11) is 1.59. The molecule has 31 heavy (non-hydrogen) atoms. The maximum absolute atomic E-state index is 13.1. The minimum Gasteiger partial charge on any atom is -0.497 e. The van der Waals surface area contributed by atoms with Crippen molar-refractivity contribution in [3.8, 4) is 5.75 Å². The average Bonchev–Trinajstić information content (AvgIpc) is 3.41. The lowest BCUT2D eigenvalue weighted by Gasteiger charge is -2.15. The lowest BCUT2D eigenvalue weighted by Crippen LogP contribution is -2.19. The number of anilines is 1. The van der Waals surface area contributed by atoms with Crippen molar-refractivity contribution >= 4 is 34.7 Å². The number of methoxy groups -OCH3 is 1. The predicted octanol–water partition coefficient (Wildman–Crippen LogP) is 4.91. The number of carbonyl (C=O) groups excluding carboxylic acids is 1. The third kappa shape index (κ3) is 5.50. The molecular weight excluding hydrogens is 432 g/mol. The van der Waals surface area contributed by atoms with Crippen molar-refractivity contribution in [3.63, 3.8) is 0 Å². The van der Waals surface area contributed by atoms with Crippen LogP contribution in [0.3, 0.4) is 0 Å². The molecule has 9 heteroatoms. The van der Waals surface area contributed by atoms with Crippen molar-refractivity contribution in [3.05, 3.63) is 82.1 Å². The summed E-state index contributed by atoms with van der Waals surface area (Å²) in [6.07, 6.45) is 0.462. The van der Waals surface area contributed by atoms with E-state index in [-0.39, 0.29) is 5.91 Å². The van der Waals surface area contributed by atoms with Gasteiger partial charge in [0.15, 0.2) is 0 Å². The minimum absolute atomic E-state index is 0.195. The molecule has 7 nitrogen and oxygen atoms in total. The molecule has 1 atom stereocenters. The van der Waals surface area contributed by atoms with Gasteiger partial charge in [0.05, 0.1) is 24.2 Å². The molecule has 0 bridgehead atoms. The number of carbonyl (C=O) groups is 1. The third-order valence-electron chi connectivity index (χ3n) is 4.34. The van der Waals surface area contributed by atoms with Crippen molar-refractivity contribution in [2.24, 2.45) is 0 Å². The lowest BCUT2D eigenvalue weighted by atomic mass is 10.1. The van der Waals surface area contributed by atoms with Gasteiger partial charge in [-0.1, -0.05) is 36.4 Å². The second kappa shape index (κ2) is 9.76. The highest BCUT2D eigenvalue weighted by Gasteiger charge is 2.25. The zero-order chi connectivity index (χ0) is 21.6. The number of amides is 1. The zero-order valence-electron chi connectivity index (χ0n) is 16.9. The molecule has 0 unspecified atom stereocenters. The van der Waals surface area contributed by atoms with Crippen LogP contribution in [-0.4, -0.2) is 28.2 Å². The van der Waals surface area contributed by atoms with E-state index in [1.807, 2.05) is 60.8 Å². The predicted molar refractivity (Wildman–Crippen MR) is 121 cm³/mol. The fraction of sp³-hybridized carbons (Fsp3) is 0.182. The van der Waals surface area contributed by atoms with E-state index in [0.717, 1.165) is 16.3 Å². The minimum atomic E-state index is -0.567. The SMILES string of the molecule is COc1cccc(NC(=O)[C@@H](Sc2nnc(Cc3csc(C)n3)o2)c2ccccc2)c1. The van der Waals surface area contributed by atoms with E-state index >= 15 is 0 Å². The Balaban J connectivity index is 1.52. The van der Waals surface area contributed by atoms with Crippen LogP contribution in [0, 0.1) is 6.92 Å². The molecule has 1 amide bonds. The molecule has 0 radical (unpaired) electrons. The van der Waals surface area contributed by atoms with Crippen molar-refractivity contribution in [1.82, 2.24) is 15.2 Å². The van der Waals surface area contributed by atoms with Gasteiger partial charge in [-0.15, -0.1) is 21.5 Å². The van der Waals surface area contributed by atoms with Crippen LogP contribution < -0.4 is 10.1 Å². The van der Waals surface area contributed by atoms with Gasteiger partial charge < -0.3 is 14.5 Å². The number of hydrogen-bond donors (Lipinski definition) is 1. The van der Waals surface area contributed by atoms with Crippen LogP contribution in [0.2, 0.25) is 0 Å². The van der Waals surface area contributed by atoms with Crippen LogP contribution in [0.15, 0.2) is 69.6 Å². The summed E-state index contributed by atoms with van der Waals surface area (Å²) in [5.41, 5.74) is 2.37. The number of aromatic nitrogens is 3. The molecule has 158 valence electrons. The first kappa shape index (κ1) is 21.1. The molecule has 4 rings (SSSR count). The van der Waals surface area contributed by atoms with Crippen molar-refractivity contribution in [1.29, 1.82) is 0 Å². The largest absolute Gasteiger partial charge is 0.497 e. The van der Waals surface area contributed by atoms with Gasteiger partial charge >= 0.3 is 0 Å². The van der Waals surface area contributed by atoms with Gasteiger partial charge in [0.2, 0.25) is 11.8 Å². The number of thiazole rings is 1. The summed E-state index contributed by atoms with van der Waals surface area (Å²) < 4.78 is 11.0. The second-order valence-corrected chi connectivity index (χ2v) is 8.74. The Hall–Kier alpha value is -3.17. The molecule has 0 aliphatic carbocycles. The number of aryl methyl sites for hydroxylation is 1. The fourth-order valence-electron chi connectivity index (χ4n) is 2.91. The van der Waals surface area contributed by atoms with Gasteiger partial charge in [-0.25, -0.2) is 4.98 Å². The number of hydrogen-bond acceptors (Lipinski definition) is 8. The fourth-order valence-corrected chi connectivity index (χ4v) is 4.42. The number of nitrogens with one attached hydrogen (secondary N) is 1. The summed E-state index contributed by atoms with van der Waals surface area (Å²) in [6, 6.07) is 16.7. The number of rotatable bonds is 8. The van der Waals surface area contributed by atoms with Gasteiger partial charge in [-0.3, -0.25) is 4.79 Å². The first-order valence-corrected chi connectivity index (χ1v) is 11.3. The summed E-state index contributed by atoms with van der Waals surface area (Å²) in [4.78, 5) is 17.6. The molecular formula is C22H20N4O3S2. The van der Waals surface area contributed by atoms with E-state index < -0.39 is 5.25 Å². The number of thioether (sulfide) groups is 1. The van der Waals surface area contributed by atoms with Crippen molar-refractivity contribution < 1.29 is 13.9 Å². The highest BCUT2D eigenvalue weighted by molar-refractivity contribution is 8.00. The molecule has 2 heterocycles. The Morgan fingerprint density at radius 2 is 2.03 bits per heavy atom. The van der Waals surface area contributed by atoms with Gasteiger partial charge in [0.25, 0.3) is 5.22 Å². The van der Waals surface area contributed by atoms with E-state index in [1.165, 1.54) is 11.8 Å². The van der Waals surface area contributed by atoms with Crippen LogP contribution in [-0.2, 0) is 11.2 Å². The van der Waals surface area contributed by atoms with Gasteiger partial charge in [0.1, 0.15) is 11.0 Å². The maximum atomic E-state index is 13.1. The number of nitrogens with zero attached hydrogens (tertiary/aromatic N) is 3. The second-order valence-electron chi connectivity index (χ2n) is 6.63. The van der Waals surface area contributed by atoms with Crippen molar-refractivity contribution in [2.45, 2.75) is 23.8 Å². The molecule has 0 fully saturated rings. The highest BCUT2D eigenvalue weighted by Crippen LogP contribution is 2.36. The Morgan fingerprint density at radius 1 is 1.19 bits per heavy atom. The molecule has 2 aromatic heterocycles. The van der Waals surface area contributed by atoms with Crippen LogP contribution in [0.25, 0.3) is 0 Å². The maximum Gasteiger partial charge on any atom is 0.277 e. The normalized spacial score (nSPS) is 11.8. The monoisotopic (exact) mass is 452 g/mol.